The Morgan fingerprint density at radius 3 is 0.286 bits per heavy atom. The van der Waals surface area contributed by atoms with Crippen LogP contribution in [-0.4, -0.2) is 36.2 Å². The van der Waals surface area contributed by atoms with Gasteiger partial charge in [-0.3, -0.25) is 0 Å². The largest absolute Gasteiger partial charge is 3.00 e. The van der Waals surface area contributed by atoms with Gasteiger partial charge in [-0.2, -0.15) is 0 Å². The summed E-state index contributed by atoms with van der Waals surface area (Å²) in [5.74, 6) is 0. The molecule has 0 unspecified atom stereocenters. The van der Waals surface area contributed by atoms with Crippen molar-refractivity contribution in [3.8, 4) is 0 Å². The van der Waals surface area contributed by atoms with Gasteiger partial charge >= 0.3 is 53.5 Å². The van der Waals surface area contributed by atoms with E-state index in [2.05, 4.69) is 68.8 Å². The summed E-state index contributed by atoms with van der Waals surface area (Å²) in [6.45, 7) is 0. The average Bonchev–Trinajstić information content (AvgIpc) is 2.08. The van der Waals surface area contributed by atoms with E-state index in [1.807, 2.05) is 0 Å². The van der Waals surface area contributed by atoms with Gasteiger partial charge in [0.05, 0.1) is 0 Å². The zero-order valence-corrected chi connectivity index (χ0v) is 17.5. The molecular formula is C6H24Cl3CrN12O6. The summed E-state index contributed by atoms with van der Waals surface area (Å²) in [7, 11) is 0. The minimum Gasteiger partial charge on any atom is -1.00 e. The van der Waals surface area contributed by atoms with Crippen molar-refractivity contribution in [1.82, 2.24) is 0 Å². The maximum absolute atomic E-state index is 9.00. The van der Waals surface area contributed by atoms with Gasteiger partial charge in [0.1, 0.15) is 0 Å². The number of carbonyl (C=O) groups is 6. The zero-order chi connectivity index (χ0) is 21.5. The quantitative estimate of drug-likeness (QED) is 0.147. The molecule has 12 amide bonds. The van der Waals surface area contributed by atoms with Crippen LogP contribution in [0.5, 0.6) is 0 Å². The molecule has 24 N–H and O–H groups in total. The van der Waals surface area contributed by atoms with Crippen LogP contribution >= 0.6 is 0 Å². The standard InChI is InChI=1S/6CH4N2O.3ClH.Cr/c6*2-1(3)4;;;;/h6*(H4,2,3,4);3*1H;/q;;;;;;;;;+3/p-3. The second-order valence-corrected chi connectivity index (χ2v) is 2.41. The zero-order valence-electron chi connectivity index (χ0n) is 13.9. The summed E-state index contributed by atoms with van der Waals surface area (Å²) in [6.07, 6.45) is 0. The third kappa shape index (κ3) is 1260. The number of urea groups is 6. The number of halogens is 3. The molecule has 0 saturated heterocycles. The number of rotatable bonds is 0. The van der Waals surface area contributed by atoms with Crippen molar-refractivity contribution >= 4 is 36.2 Å². The van der Waals surface area contributed by atoms with Crippen LogP contribution in [0.4, 0.5) is 28.8 Å². The molecule has 0 atom stereocenters. The normalized spacial score (nSPS) is 5.14. The molecule has 0 heterocycles. The molecule has 0 saturated carbocycles. The molecule has 0 aliphatic rings. The summed E-state index contributed by atoms with van der Waals surface area (Å²) >= 11 is 0. The van der Waals surface area contributed by atoms with E-state index >= 15 is 0 Å². The van der Waals surface area contributed by atoms with Gasteiger partial charge < -0.3 is 106 Å². The van der Waals surface area contributed by atoms with Crippen molar-refractivity contribution in [1.29, 1.82) is 0 Å². The molecule has 18 nitrogen and oxygen atoms in total. The number of nitrogens with two attached hydrogens (primary N) is 12. The van der Waals surface area contributed by atoms with E-state index in [9.17, 15) is 0 Å². The predicted molar refractivity (Wildman–Crippen MR) is 82.6 cm³/mol. The van der Waals surface area contributed by atoms with E-state index in [4.69, 9.17) is 28.8 Å². The van der Waals surface area contributed by atoms with Crippen LogP contribution in [-0.2, 0) is 17.4 Å². The predicted octanol–water partition coefficient (Wildman–Crippen LogP) is -14.8. The maximum Gasteiger partial charge on any atom is 3.00 e. The van der Waals surface area contributed by atoms with E-state index in [1.54, 1.807) is 0 Å². The molecule has 0 spiro atoms. The number of hydrogen-bond acceptors (Lipinski definition) is 6. The first-order valence-electron chi connectivity index (χ1n) is 4.69. The molecule has 1 radical (unpaired) electrons. The summed E-state index contributed by atoms with van der Waals surface area (Å²) in [5.41, 5.74) is 51.0. The van der Waals surface area contributed by atoms with Crippen molar-refractivity contribution in [2.45, 2.75) is 0 Å². The molecule has 0 aliphatic heterocycles. The number of primary amides is 12. The minimum atomic E-state index is -0.833. The van der Waals surface area contributed by atoms with E-state index in [0.29, 0.717) is 0 Å². The molecule has 22 heteroatoms. The Bertz CT molecular complexity index is 287. The first-order valence-corrected chi connectivity index (χ1v) is 4.69. The molecule has 0 aliphatic carbocycles. The van der Waals surface area contributed by atoms with Gasteiger partial charge in [-0.15, -0.1) is 0 Å². The van der Waals surface area contributed by atoms with E-state index in [1.165, 1.54) is 0 Å². The monoisotopic (exact) mass is 517 g/mol. The van der Waals surface area contributed by atoms with E-state index in [0.717, 1.165) is 0 Å². The van der Waals surface area contributed by atoms with Gasteiger partial charge in [-0.25, -0.2) is 28.8 Å². The van der Waals surface area contributed by atoms with Gasteiger partial charge in [0, 0.05) is 0 Å². The first kappa shape index (κ1) is 64.0. The van der Waals surface area contributed by atoms with E-state index in [-0.39, 0.29) is 54.6 Å². The van der Waals surface area contributed by atoms with Crippen LogP contribution in [0.3, 0.4) is 0 Å². The van der Waals surface area contributed by atoms with Crippen LogP contribution in [0.1, 0.15) is 0 Å². The van der Waals surface area contributed by atoms with Crippen molar-refractivity contribution in [2.75, 3.05) is 0 Å². The average molecular weight is 519 g/mol. The summed E-state index contributed by atoms with van der Waals surface area (Å²) in [4.78, 5) is 54.0. The van der Waals surface area contributed by atoms with Crippen LogP contribution in [0.15, 0.2) is 0 Å². The Morgan fingerprint density at radius 1 is 0.286 bits per heavy atom. The Labute approximate surface area is 188 Å². The van der Waals surface area contributed by atoms with Crippen LogP contribution < -0.4 is 106 Å². The fourth-order valence-electron chi connectivity index (χ4n) is 0. The molecule has 0 fully saturated rings. The Morgan fingerprint density at radius 2 is 0.286 bits per heavy atom. The molecule has 0 aromatic carbocycles. The summed E-state index contributed by atoms with van der Waals surface area (Å²) < 4.78 is 0. The fourth-order valence-corrected chi connectivity index (χ4v) is 0. The van der Waals surface area contributed by atoms with Crippen molar-refractivity contribution in [2.24, 2.45) is 68.8 Å². The third-order valence-corrected chi connectivity index (χ3v) is 0. The molecule has 28 heavy (non-hydrogen) atoms. The second kappa shape index (κ2) is 56.4. The third-order valence-electron chi connectivity index (χ3n) is 0. The van der Waals surface area contributed by atoms with E-state index < -0.39 is 36.2 Å². The number of carbonyl (C=O) groups excluding carboxylic acids is 6. The Kier molecular flexibility index (Phi) is 129. The topological polar surface area (TPSA) is 415 Å². The minimum absolute atomic E-state index is 0. The number of amides is 12. The molecule has 171 valence electrons. The van der Waals surface area contributed by atoms with Crippen molar-refractivity contribution < 1.29 is 83.3 Å². The summed E-state index contributed by atoms with van der Waals surface area (Å²) in [6, 6.07) is -5.00. The smallest absolute Gasteiger partial charge is 1.00 e. The molecule has 0 bridgehead atoms. The van der Waals surface area contributed by atoms with Gasteiger partial charge in [-0.05, 0) is 0 Å². The van der Waals surface area contributed by atoms with Gasteiger partial charge in [0.25, 0.3) is 0 Å². The second-order valence-electron chi connectivity index (χ2n) is 2.41. The molecule has 0 aromatic heterocycles. The SMILES string of the molecule is NC(N)=O.NC(N)=O.NC(N)=O.NC(N)=O.NC(N)=O.NC(N)=O.[Cl-].[Cl-].[Cl-].[Cr+3]. The Balaban J connectivity index is -0.0000000169. The molecular weight excluding hydrogens is 494 g/mol. The van der Waals surface area contributed by atoms with Crippen molar-refractivity contribution in [3.63, 3.8) is 0 Å². The maximum atomic E-state index is 9.00. The van der Waals surface area contributed by atoms with Crippen LogP contribution in [0.2, 0.25) is 0 Å². The number of hydrogen-bond donors (Lipinski definition) is 12. The first-order chi connectivity index (χ1) is 10.4. The van der Waals surface area contributed by atoms with Gasteiger partial charge in [0.2, 0.25) is 0 Å². The molecule has 0 aromatic rings. The molecule has 0 rings (SSSR count). The van der Waals surface area contributed by atoms with Crippen molar-refractivity contribution in [3.05, 3.63) is 0 Å². The van der Waals surface area contributed by atoms with Crippen LogP contribution in [0, 0.1) is 0 Å². The summed E-state index contributed by atoms with van der Waals surface area (Å²) in [5, 5.41) is 0. The van der Waals surface area contributed by atoms with Gasteiger partial charge in [-0.1, -0.05) is 0 Å². The Hall–Kier alpha value is -2.98. The van der Waals surface area contributed by atoms with Crippen LogP contribution in [0.25, 0.3) is 0 Å². The van der Waals surface area contributed by atoms with Gasteiger partial charge in [0.15, 0.2) is 0 Å². The fraction of sp³-hybridized carbons (Fsp3) is 0.